The van der Waals surface area contributed by atoms with Crippen LogP contribution in [0.15, 0.2) is 12.2 Å². The molecule has 0 saturated heterocycles. The standard InChI is InChI=1S/C12H18O4/c1-16-12(15)9-4-2-3-7-11(14)8-5-6-10-13/h4,9-10H,2-3,5-8H2,1H3/b9-4+. The second kappa shape index (κ2) is 10.1. The van der Waals surface area contributed by atoms with Crippen molar-refractivity contribution in [1.29, 1.82) is 0 Å². The fourth-order valence-corrected chi connectivity index (χ4v) is 1.17. The predicted octanol–water partition coefficient (Wildman–Crippen LogP) is 1.82. The van der Waals surface area contributed by atoms with E-state index in [9.17, 15) is 14.4 Å². The minimum Gasteiger partial charge on any atom is -0.466 e. The molecule has 0 N–H and O–H groups in total. The molecule has 0 unspecified atom stereocenters. The van der Waals surface area contributed by atoms with E-state index in [0.717, 1.165) is 12.7 Å². The summed E-state index contributed by atoms with van der Waals surface area (Å²) in [5, 5.41) is 0. The summed E-state index contributed by atoms with van der Waals surface area (Å²) >= 11 is 0. The summed E-state index contributed by atoms with van der Waals surface area (Å²) in [6.07, 6.45) is 7.37. The molecule has 90 valence electrons. The van der Waals surface area contributed by atoms with Crippen LogP contribution in [0.1, 0.15) is 38.5 Å². The minimum absolute atomic E-state index is 0.174. The first-order chi connectivity index (χ1) is 7.70. The number of allylic oxidation sites excluding steroid dienone is 1. The van der Waals surface area contributed by atoms with E-state index >= 15 is 0 Å². The topological polar surface area (TPSA) is 60.4 Å². The minimum atomic E-state index is -0.377. The van der Waals surface area contributed by atoms with Gasteiger partial charge in [-0.1, -0.05) is 6.08 Å². The summed E-state index contributed by atoms with van der Waals surface area (Å²) in [5.74, 6) is -0.203. The average Bonchev–Trinajstić information content (AvgIpc) is 2.28. The van der Waals surface area contributed by atoms with Crippen LogP contribution in [-0.4, -0.2) is 25.1 Å². The lowest BCUT2D eigenvalue weighted by Gasteiger charge is -1.97. The number of aldehydes is 1. The number of carbonyl (C=O) groups excluding carboxylic acids is 3. The van der Waals surface area contributed by atoms with Crippen LogP contribution in [0.25, 0.3) is 0 Å². The summed E-state index contributed by atoms with van der Waals surface area (Å²) in [6, 6.07) is 0. The Kier molecular flexibility index (Phi) is 9.17. The van der Waals surface area contributed by atoms with Crippen LogP contribution in [-0.2, 0) is 19.1 Å². The quantitative estimate of drug-likeness (QED) is 0.260. The lowest BCUT2D eigenvalue weighted by Crippen LogP contribution is -1.97. The molecule has 0 aromatic rings. The molecule has 0 rings (SSSR count). The first-order valence-corrected chi connectivity index (χ1v) is 5.40. The van der Waals surface area contributed by atoms with Crippen molar-refractivity contribution in [3.8, 4) is 0 Å². The summed E-state index contributed by atoms with van der Waals surface area (Å²) in [7, 11) is 1.32. The number of methoxy groups -OCH3 is 1. The van der Waals surface area contributed by atoms with E-state index < -0.39 is 0 Å². The zero-order valence-electron chi connectivity index (χ0n) is 9.61. The van der Waals surface area contributed by atoms with Gasteiger partial charge in [-0.25, -0.2) is 4.79 Å². The van der Waals surface area contributed by atoms with Gasteiger partial charge in [0.2, 0.25) is 0 Å². The highest BCUT2D eigenvalue weighted by molar-refractivity contribution is 5.81. The van der Waals surface area contributed by atoms with Crippen molar-refractivity contribution in [3.05, 3.63) is 12.2 Å². The van der Waals surface area contributed by atoms with E-state index in [0.29, 0.717) is 32.1 Å². The van der Waals surface area contributed by atoms with Gasteiger partial charge in [-0.15, -0.1) is 0 Å². The maximum Gasteiger partial charge on any atom is 0.330 e. The molecule has 0 aliphatic rings. The number of unbranched alkanes of at least 4 members (excludes halogenated alkanes) is 2. The first-order valence-electron chi connectivity index (χ1n) is 5.40. The third-order valence-corrected chi connectivity index (χ3v) is 2.06. The van der Waals surface area contributed by atoms with E-state index in [-0.39, 0.29) is 11.8 Å². The molecule has 0 spiro atoms. The summed E-state index contributed by atoms with van der Waals surface area (Å²) in [6.45, 7) is 0. The van der Waals surface area contributed by atoms with Crippen LogP contribution >= 0.6 is 0 Å². The number of ketones is 1. The molecule has 0 bridgehead atoms. The van der Waals surface area contributed by atoms with Gasteiger partial charge in [-0.3, -0.25) is 4.79 Å². The smallest absolute Gasteiger partial charge is 0.330 e. The number of Topliss-reactive ketones (excluding diaryl/α,β-unsaturated/α-hetero) is 1. The Hall–Kier alpha value is -1.45. The highest BCUT2D eigenvalue weighted by Crippen LogP contribution is 2.03. The number of esters is 1. The Labute approximate surface area is 95.7 Å². The Morgan fingerprint density at radius 2 is 1.75 bits per heavy atom. The molecule has 0 saturated carbocycles. The highest BCUT2D eigenvalue weighted by Gasteiger charge is 2.00. The van der Waals surface area contributed by atoms with E-state index in [1.165, 1.54) is 13.2 Å². The van der Waals surface area contributed by atoms with Crippen LogP contribution in [0.3, 0.4) is 0 Å². The van der Waals surface area contributed by atoms with Gasteiger partial charge in [0.15, 0.2) is 0 Å². The third kappa shape index (κ3) is 9.12. The molecule has 0 radical (unpaired) electrons. The largest absolute Gasteiger partial charge is 0.466 e. The number of rotatable bonds is 9. The SMILES string of the molecule is COC(=O)/C=C/CCCC(=O)CCCC=O. The molecule has 16 heavy (non-hydrogen) atoms. The molecular formula is C12H18O4. The maximum atomic E-state index is 11.2. The van der Waals surface area contributed by atoms with E-state index in [1.54, 1.807) is 6.08 Å². The van der Waals surface area contributed by atoms with E-state index in [4.69, 9.17) is 0 Å². The Balaban J connectivity index is 3.44. The van der Waals surface area contributed by atoms with E-state index in [1.807, 2.05) is 0 Å². The second-order valence-electron chi connectivity index (χ2n) is 3.42. The lowest BCUT2D eigenvalue weighted by molar-refractivity contribution is -0.134. The van der Waals surface area contributed by atoms with Crippen LogP contribution in [0.5, 0.6) is 0 Å². The highest BCUT2D eigenvalue weighted by atomic mass is 16.5. The molecular weight excluding hydrogens is 208 g/mol. The van der Waals surface area contributed by atoms with Gasteiger partial charge in [0.05, 0.1) is 7.11 Å². The van der Waals surface area contributed by atoms with Gasteiger partial charge in [-0.2, -0.15) is 0 Å². The van der Waals surface area contributed by atoms with Gasteiger partial charge < -0.3 is 9.53 Å². The zero-order chi connectivity index (χ0) is 12.2. The van der Waals surface area contributed by atoms with Gasteiger partial charge in [0.1, 0.15) is 12.1 Å². The molecule has 0 aromatic heterocycles. The van der Waals surface area contributed by atoms with Gasteiger partial charge in [0, 0.05) is 25.3 Å². The predicted molar refractivity (Wildman–Crippen MR) is 59.9 cm³/mol. The van der Waals surface area contributed by atoms with Crippen molar-refractivity contribution >= 4 is 18.0 Å². The second-order valence-corrected chi connectivity index (χ2v) is 3.42. The Morgan fingerprint density at radius 3 is 2.31 bits per heavy atom. The number of ether oxygens (including phenoxy) is 1. The van der Waals surface area contributed by atoms with Crippen molar-refractivity contribution in [1.82, 2.24) is 0 Å². The summed E-state index contributed by atoms with van der Waals surface area (Å²) in [4.78, 5) is 31.9. The number of hydrogen-bond acceptors (Lipinski definition) is 4. The molecule has 0 aromatic carbocycles. The molecule has 0 fully saturated rings. The molecule has 0 aliphatic heterocycles. The van der Waals surface area contributed by atoms with Crippen molar-refractivity contribution in [2.45, 2.75) is 38.5 Å². The molecule has 4 nitrogen and oxygen atoms in total. The Bertz CT molecular complexity index is 256. The van der Waals surface area contributed by atoms with Crippen molar-refractivity contribution in [3.63, 3.8) is 0 Å². The van der Waals surface area contributed by atoms with Crippen molar-refractivity contribution in [2.24, 2.45) is 0 Å². The van der Waals surface area contributed by atoms with Gasteiger partial charge in [0.25, 0.3) is 0 Å². The molecule has 0 aliphatic carbocycles. The van der Waals surface area contributed by atoms with Crippen molar-refractivity contribution in [2.75, 3.05) is 7.11 Å². The third-order valence-electron chi connectivity index (χ3n) is 2.06. The fourth-order valence-electron chi connectivity index (χ4n) is 1.17. The van der Waals surface area contributed by atoms with Crippen LogP contribution < -0.4 is 0 Å². The summed E-state index contributed by atoms with van der Waals surface area (Å²) in [5.41, 5.74) is 0. The van der Waals surface area contributed by atoms with Gasteiger partial charge >= 0.3 is 5.97 Å². The monoisotopic (exact) mass is 226 g/mol. The fraction of sp³-hybridized carbons (Fsp3) is 0.583. The van der Waals surface area contributed by atoms with Crippen LogP contribution in [0.4, 0.5) is 0 Å². The molecule has 0 atom stereocenters. The molecule has 4 heteroatoms. The van der Waals surface area contributed by atoms with Crippen LogP contribution in [0, 0.1) is 0 Å². The molecule has 0 heterocycles. The van der Waals surface area contributed by atoms with Gasteiger partial charge in [-0.05, 0) is 19.3 Å². The first kappa shape index (κ1) is 14.6. The summed E-state index contributed by atoms with van der Waals surface area (Å²) < 4.78 is 4.42. The average molecular weight is 226 g/mol. The number of hydrogen-bond donors (Lipinski definition) is 0. The Morgan fingerprint density at radius 1 is 1.12 bits per heavy atom. The van der Waals surface area contributed by atoms with Crippen molar-refractivity contribution < 1.29 is 19.1 Å². The zero-order valence-corrected chi connectivity index (χ0v) is 9.61. The van der Waals surface area contributed by atoms with E-state index in [2.05, 4.69) is 4.74 Å². The maximum absolute atomic E-state index is 11.2. The normalized spacial score (nSPS) is 10.3. The molecule has 0 amide bonds. The number of carbonyl (C=O) groups is 3. The lowest BCUT2D eigenvalue weighted by atomic mass is 10.1. The van der Waals surface area contributed by atoms with Crippen LogP contribution in [0.2, 0.25) is 0 Å².